The number of aliphatic imine (C=N–C) groups is 2. The highest BCUT2D eigenvalue weighted by molar-refractivity contribution is 6.41. The van der Waals surface area contributed by atoms with Gasteiger partial charge in [-0.2, -0.15) is 0 Å². The molecule has 5 heteroatoms. The third kappa shape index (κ3) is 0.813. The Hall–Kier alpha value is -1.36. The van der Waals surface area contributed by atoms with Crippen LogP contribution in [0.2, 0.25) is 0 Å². The maximum absolute atomic E-state index is 5.70. The average molecular weight is 151 g/mol. The van der Waals surface area contributed by atoms with Gasteiger partial charge in [-0.1, -0.05) is 0 Å². The monoisotopic (exact) mass is 151 g/mol. The lowest BCUT2D eigenvalue weighted by molar-refractivity contribution is 0.454. The van der Waals surface area contributed by atoms with E-state index < -0.39 is 0 Å². The number of nitrogens with two attached hydrogens (primary N) is 2. The zero-order valence-corrected chi connectivity index (χ0v) is 5.94. The standard InChI is InChI=1S/C6H9N5/c7-4-3-10-6-5(8)9-1-2-11(4)6/h1-2,4H,3,7H2,(H2,8,9). The van der Waals surface area contributed by atoms with Crippen molar-refractivity contribution in [2.24, 2.45) is 21.5 Å². The molecule has 2 heterocycles. The van der Waals surface area contributed by atoms with E-state index in [-0.39, 0.29) is 6.17 Å². The van der Waals surface area contributed by atoms with E-state index in [2.05, 4.69) is 9.98 Å². The molecule has 0 bridgehead atoms. The number of rotatable bonds is 0. The summed E-state index contributed by atoms with van der Waals surface area (Å²) in [6, 6.07) is 0. The Labute approximate surface area is 64.1 Å². The van der Waals surface area contributed by atoms with Crippen molar-refractivity contribution in [3.63, 3.8) is 0 Å². The maximum atomic E-state index is 5.70. The third-order valence-electron chi connectivity index (χ3n) is 1.70. The van der Waals surface area contributed by atoms with Gasteiger partial charge in [-0.15, -0.1) is 0 Å². The van der Waals surface area contributed by atoms with E-state index in [1.807, 2.05) is 4.90 Å². The van der Waals surface area contributed by atoms with Crippen LogP contribution in [0.25, 0.3) is 0 Å². The molecular weight excluding hydrogens is 142 g/mol. The summed E-state index contributed by atoms with van der Waals surface area (Å²) < 4.78 is 0. The van der Waals surface area contributed by atoms with Gasteiger partial charge in [0.1, 0.15) is 6.17 Å². The minimum Gasteiger partial charge on any atom is -0.381 e. The lowest BCUT2D eigenvalue weighted by atomic mass is 10.4. The summed E-state index contributed by atoms with van der Waals surface area (Å²) in [4.78, 5) is 9.84. The fourth-order valence-corrected chi connectivity index (χ4v) is 1.14. The van der Waals surface area contributed by atoms with Gasteiger partial charge in [0.2, 0.25) is 0 Å². The number of nitrogens with zero attached hydrogens (tertiary/aromatic N) is 3. The van der Waals surface area contributed by atoms with Crippen LogP contribution in [0.4, 0.5) is 0 Å². The smallest absolute Gasteiger partial charge is 0.172 e. The maximum Gasteiger partial charge on any atom is 0.172 e. The largest absolute Gasteiger partial charge is 0.381 e. The van der Waals surface area contributed by atoms with Gasteiger partial charge in [-0.3, -0.25) is 4.99 Å². The van der Waals surface area contributed by atoms with Crippen molar-refractivity contribution in [1.82, 2.24) is 4.90 Å². The molecule has 2 rings (SSSR count). The van der Waals surface area contributed by atoms with E-state index in [0.29, 0.717) is 18.2 Å². The molecule has 1 atom stereocenters. The molecule has 0 spiro atoms. The topological polar surface area (TPSA) is 80.0 Å². The molecule has 0 fully saturated rings. The van der Waals surface area contributed by atoms with Crippen molar-refractivity contribution >= 4 is 11.7 Å². The van der Waals surface area contributed by atoms with Crippen molar-refractivity contribution in [1.29, 1.82) is 0 Å². The van der Waals surface area contributed by atoms with Gasteiger partial charge in [0.25, 0.3) is 0 Å². The number of hydrogen-bond donors (Lipinski definition) is 2. The minimum atomic E-state index is -0.0738. The molecule has 0 aliphatic carbocycles. The van der Waals surface area contributed by atoms with E-state index >= 15 is 0 Å². The molecule has 0 saturated heterocycles. The predicted octanol–water partition coefficient (Wildman–Crippen LogP) is -1.17. The van der Waals surface area contributed by atoms with Gasteiger partial charge >= 0.3 is 0 Å². The van der Waals surface area contributed by atoms with Crippen LogP contribution in [0.1, 0.15) is 0 Å². The second kappa shape index (κ2) is 2.06. The van der Waals surface area contributed by atoms with E-state index in [0.717, 1.165) is 0 Å². The molecule has 0 radical (unpaired) electrons. The first-order valence-corrected chi connectivity index (χ1v) is 3.38. The minimum absolute atomic E-state index is 0.0738. The Kier molecular flexibility index (Phi) is 1.19. The summed E-state index contributed by atoms with van der Waals surface area (Å²) in [6.07, 6.45) is 3.34. The van der Waals surface area contributed by atoms with Gasteiger partial charge in [0.15, 0.2) is 11.7 Å². The van der Waals surface area contributed by atoms with Crippen LogP contribution < -0.4 is 11.5 Å². The van der Waals surface area contributed by atoms with Crippen LogP contribution in [-0.2, 0) is 0 Å². The van der Waals surface area contributed by atoms with E-state index in [9.17, 15) is 0 Å². The molecule has 2 aliphatic rings. The molecule has 1 unspecified atom stereocenters. The van der Waals surface area contributed by atoms with Crippen LogP contribution in [-0.4, -0.2) is 29.3 Å². The first kappa shape index (κ1) is 6.36. The molecule has 0 aromatic carbocycles. The summed E-state index contributed by atoms with van der Waals surface area (Å²) in [5.74, 6) is 1.14. The van der Waals surface area contributed by atoms with Crippen molar-refractivity contribution in [3.05, 3.63) is 12.4 Å². The molecule has 2 aliphatic heterocycles. The normalized spacial score (nSPS) is 28.1. The van der Waals surface area contributed by atoms with Gasteiger partial charge in [0, 0.05) is 12.4 Å². The van der Waals surface area contributed by atoms with E-state index in [1.54, 1.807) is 12.4 Å². The highest BCUT2D eigenvalue weighted by Crippen LogP contribution is 2.10. The lowest BCUT2D eigenvalue weighted by Gasteiger charge is -2.21. The van der Waals surface area contributed by atoms with Crippen molar-refractivity contribution < 1.29 is 0 Å². The lowest BCUT2D eigenvalue weighted by Crippen LogP contribution is -2.44. The fraction of sp³-hybridized carbons (Fsp3) is 0.333. The van der Waals surface area contributed by atoms with Gasteiger partial charge in [0.05, 0.1) is 6.54 Å². The average Bonchev–Trinajstić information content (AvgIpc) is 2.35. The van der Waals surface area contributed by atoms with Gasteiger partial charge in [-0.05, 0) is 0 Å². The van der Waals surface area contributed by atoms with Crippen LogP contribution in [0.15, 0.2) is 22.4 Å². The van der Waals surface area contributed by atoms with Gasteiger partial charge in [-0.25, -0.2) is 4.99 Å². The summed E-state index contributed by atoms with van der Waals surface area (Å²) in [7, 11) is 0. The molecule has 0 aromatic heterocycles. The Bertz CT molecular complexity index is 264. The molecule has 0 saturated carbocycles. The summed E-state index contributed by atoms with van der Waals surface area (Å²) in [5.41, 5.74) is 11.3. The highest BCUT2D eigenvalue weighted by Gasteiger charge is 2.26. The Morgan fingerprint density at radius 1 is 1.64 bits per heavy atom. The Morgan fingerprint density at radius 3 is 3.18 bits per heavy atom. The molecule has 5 nitrogen and oxygen atoms in total. The number of hydrogen-bond acceptors (Lipinski definition) is 5. The SMILES string of the molecule is NC1=NC=CN2C1=NCC2N. The van der Waals surface area contributed by atoms with Crippen LogP contribution >= 0.6 is 0 Å². The molecule has 0 amide bonds. The number of fused-ring (bicyclic) bond motifs is 1. The van der Waals surface area contributed by atoms with Crippen LogP contribution in [0.5, 0.6) is 0 Å². The zero-order valence-electron chi connectivity index (χ0n) is 5.94. The molecular formula is C6H9N5. The molecule has 4 N–H and O–H groups in total. The second-order valence-corrected chi connectivity index (χ2v) is 2.45. The van der Waals surface area contributed by atoms with E-state index in [1.165, 1.54) is 0 Å². The highest BCUT2D eigenvalue weighted by atomic mass is 15.3. The van der Waals surface area contributed by atoms with Crippen LogP contribution in [0, 0.1) is 0 Å². The molecule has 58 valence electrons. The summed E-state index contributed by atoms with van der Waals surface area (Å²) in [5, 5.41) is 0. The summed E-state index contributed by atoms with van der Waals surface area (Å²) in [6.45, 7) is 0.593. The molecule has 0 aromatic rings. The predicted molar refractivity (Wildman–Crippen MR) is 42.9 cm³/mol. The van der Waals surface area contributed by atoms with Crippen LogP contribution in [0.3, 0.4) is 0 Å². The Morgan fingerprint density at radius 2 is 2.45 bits per heavy atom. The van der Waals surface area contributed by atoms with Crippen molar-refractivity contribution in [2.45, 2.75) is 6.17 Å². The van der Waals surface area contributed by atoms with Gasteiger partial charge < -0.3 is 16.4 Å². The third-order valence-corrected chi connectivity index (χ3v) is 1.70. The quantitative estimate of drug-likeness (QED) is 0.457. The fourth-order valence-electron chi connectivity index (χ4n) is 1.14. The summed E-state index contributed by atoms with van der Waals surface area (Å²) >= 11 is 0. The number of amidine groups is 2. The first-order valence-electron chi connectivity index (χ1n) is 3.38. The van der Waals surface area contributed by atoms with E-state index in [4.69, 9.17) is 11.5 Å². The van der Waals surface area contributed by atoms with Crippen molar-refractivity contribution in [3.8, 4) is 0 Å². The second-order valence-electron chi connectivity index (χ2n) is 2.45. The zero-order chi connectivity index (χ0) is 7.84. The molecule has 11 heavy (non-hydrogen) atoms. The Balaban J connectivity index is 2.35. The van der Waals surface area contributed by atoms with Crippen molar-refractivity contribution in [2.75, 3.05) is 6.54 Å². The first-order chi connectivity index (χ1) is 5.29.